The van der Waals surface area contributed by atoms with Crippen LogP contribution in [0, 0.1) is 11.6 Å². The molecule has 0 spiro atoms. The third-order valence-corrected chi connectivity index (χ3v) is 4.48. The van der Waals surface area contributed by atoms with Crippen LogP contribution in [-0.2, 0) is 4.79 Å². The van der Waals surface area contributed by atoms with Gasteiger partial charge >= 0.3 is 0 Å². The van der Waals surface area contributed by atoms with Crippen LogP contribution in [0.2, 0.25) is 0 Å². The van der Waals surface area contributed by atoms with Crippen molar-refractivity contribution >= 4 is 41.5 Å². The third kappa shape index (κ3) is 6.18. The fourth-order valence-electron chi connectivity index (χ4n) is 2.96. The molecule has 0 unspecified atom stereocenters. The molecule has 1 amide bonds. The smallest absolute Gasteiger partial charge is 0.242 e. The van der Waals surface area contributed by atoms with E-state index in [0.29, 0.717) is 44.7 Å². The number of piperazine rings is 1. The van der Waals surface area contributed by atoms with Crippen molar-refractivity contribution in [3.05, 3.63) is 29.8 Å². The molecule has 1 aromatic carbocycles. The van der Waals surface area contributed by atoms with Crippen LogP contribution < -0.4 is 15.5 Å². The minimum Gasteiger partial charge on any atom is -0.366 e. The Morgan fingerprint density at radius 3 is 2.56 bits per heavy atom. The van der Waals surface area contributed by atoms with Crippen LogP contribution in [0.3, 0.4) is 0 Å². The van der Waals surface area contributed by atoms with Crippen LogP contribution in [-0.4, -0.2) is 62.1 Å². The van der Waals surface area contributed by atoms with Crippen molar-refractivity contribution < 1.29 is 13.6 Å². The Bertz CT molecular complexity index is 676. The summed E-state index contributed by atoms with van der Waals surface area (Å²) in [4.78, 5) is 20.1. The Morgan fingerprint density at radius 2 is 1.93 bits per heavy atom. The largest absolute Gasteiger partial charge is 0.366 e. The van der Waals surface area contributed by atoms with Gasteiger partial charge in [-0.3, -0.25) is 4.79 Å². The van der Waals surface area contributed by atoms with Gasteiger partial charge in [-0.2, -0.15) is 0 Å². The van der Waals surface area contributed by atoms with Gasteiger partial charge in [-0.05, 0) is 31.9 Å². The highest BCUT2D eigenvalue weighted by molar-refractivity contribution is 14.0. The number of aliphatic imine (C=N–C) groups is 1. The van der Waals surface area contributed by atoms with Crippen LogP contribution >= 0.6 is 24.0 Å². The number of guanidine groups is 1. The van der Waals surface area contributed by atoms with Gasteiger partial charge in [-0.1, -0.05) is 0 Å². The summed E-state index contributed by atoms with van der Waals surface area (Å²) in [6.45, 7) is 5.10. The fourth-order valence-corrected chi connectivity index (χ4v) is 2.96. The van der Waals surface area contributed by atoms with Gasteiger partial charge in [0.15, 0.2) is 5.96 Å². The summed E-state index contributed by atoms with van der Waals surface area (Å²) < 4.78 is 27.4. The van der Waals surface area contributed by atoms with E-state index in [4.69, 9.17) is 0 Å². The summed E-state index contributed by atoms with van der Waals surface area (Å²) in [6.07, 6.45) is 2.10. The topological polar surface area (TPSA) is 60.0 Å². The van der Waals surface area contributed by atoms with Crippen molar-refractivity contribution in [2.24, 2.45) is 4.99 Å². The molecule has 3 rings (SSSR count). The molecule has 2 fully saturated rings. The number of amides is 1. The van der Waals surface area contributed by atoms with Gasteiger partial charge in [0, 0.05) is 44.8 Å². The van der Waals surface area contributed by atoms with Crippen LogP contribution in [0.25, 0.3) is 0 Å². The average Bonchev–Trinajstić information content (AvgIpc) is 3.45. The molecule has 0 radical (unpaired) electrons. The predicted molar refractivity (Wildman–Crippen MR) is 113 cm³/mol. The van der Waals surface area contributed by atoms with Crippen LogP contribution in [0.4, 0.5) is 14.5 Å². The fraction of sp³-hybridized carbons (Fsp3) is 0.556. The first-order valence-corrected chi connectivity index (χ1v) is 9.09. The number of benzene rings is 1. The minimum absolute atomic E-state index is 0. The van der Waals surface area contributed by atoms with Gasteiger partial charge in [-0.25, -0.2) is 13.8 Å². The zero-order valence-electron chi connectivity index (χ0n) is 15.4. The van der Waals surface area contributed by atoms with E-state index in [9.17, 15) is 13.6 Å². The molecule has 0 bridgehead atoms. The number of carbonyl (C=O) groups is 1. The second-order valence-electron chi connectivity index (χ2n) is 6.58. The van der Waals surface area contributed by atoms with E-state index in [1.54, 1.807) is 0 Å². The van der Waals surface area contributed by atoms with Gasteiger partial charge in [0.05, 0.1) is 5.69 Å². The van der Waals surface area contributed by atoms with Gasteiger partial charge in [0.2, 0.25) is 5.91 Å². The van der Waals surface area contributed by atoms with Gasteiger partial charge in [0.25, 0.3) is 0 Å². The molecule has 9 heteroatoms. The number of carbonyl (C=O) groups excluding carboxylic acids is 1. The van der Waals surface area contributed by atoms with E-state index < -0.39 is 11.6 Å². The van der Waals surface area contributed by atoms with Crippen molar-refractivity contribution in [2.75, 3.05) is 44.2 Å². The highest BCUT2D eigenvalue weighted by Gasteiger charge is 2.24. The van der Waals surface area contributed by atoms with E-state index >= 15 is 0 Å². The Kier molecular flexibility index (Phi) is 8.06. The number of nitrogens with one attached hydrogen (secondary N) is 2. The number of hydrogen-bond acceptors (Lipinski definition) is 3. The molecule has 2 aliphatic rings. The number of rotatable bonds is 5. The van der Waals surface area contributed by atoms with Gasteiger partial charge in [-0.15, -0.1) is 24.0 Å². The molecule has 150 valence electrons. The summed E-state index contributed by atoms with van der Waals surface area (Å²) in [5, 5.41) is 6.11. The zero-order chi connectivity index (χ0) is 18.5. The molecular weight excluding hydrogens is 467 g/mol. The summed E-state index contributed by atoms with van der Waals surface area (Å²) >= 11 is 0. The highest BCUT2D eigenvalue weighted by Crippen LogP contribution is 2.22. The Labute approximate surface area is 175 Å². The predicted octanol–water partition coefficient (Wildman–Crippen LogP) is 1.95. The SMILES string of the molecule is CCNC(=NCC(=O)NC1CC1)N1CCN(c2cc(F)ccc2F)CC1.I. The molecule has 1 heterocycles. The lowest BCUT2D eigenvalue weighted by atomic mass is 10.2. The second kappa shape index (κ2) is 10.0. The zero-order valence-corrected chi connectivity index (χ0v) is 17.7. The van der Waals surface area contributed by atoms with Crippen molar-refractivity contribution in [3.8, 4) is 0 Å². The summed E-state index contributed by atoms with van der Waals surface area (Å²) in [5.74, 6) is -0.251. The van der Waals surface area contributed by atoms with Gasteiger partial charge < -0.3 is 20.4 Å². The van der Waals surface area contributed by atoms with Crippen LogP contribution in [0.1, 0.15) is 19.8 Å². The molecule has 0 aromatic heterocycles. The van der Waals surface area contributed by atoms with Crippen molar-refractivity contribution in [1.29, 1.82) is 0 Å². The molecule has 27 heavy (non-hydrogen) atoms. The number of halogens is 3. The summed E-state index contributed by atoms with van der Waals surface area (Å²) in [6, 6.07) is 3.83. The Morgan fingerprint density at radius 1 is 1.22 bits per heavy atom. The Balaban J connectivity index is 0.00000261. The molecular formula is C18H26F2IN5O. The highest BCUT2D eigenvalue weighted by atomic mass is 127. The maximum Gasteiger partial charge on any atom is 0.242 e. The van der Waals surface area contributed by atoms with E-state index in [1.807, 2.05) is 16.7 Å². The van der Waals surface area contributed by atoms with Crippen molar-refractivity contribution in [2.45, 2.75) is 25.8 Å². The lowest BCUT2D eigenvalue weighted by Gasteiger charge is -2.37. The number of nitrogens with zero attached hydrogens (tertiary/aromatic N) is 3. The molecule has 1 saturated heterocycles. The normalized spacial score (nSPS) is 17.4. The monoisotopic (exact) mass is 493 g/mol. The molecule has 1 aromatic rings. The maximum atomic E-state index is 13.9. The van der Waals surface area contributed by atoms with Crippen LogP contribution in [0.5, 0.6) is 0 Å². The molecule has 6 nitrogen and oxygen atoms in total. The molecule has 1 aliphatic carbocycles. The standard InChI is InChI=1S/C18H25F2N5O.HI/c1-2-21-18(22-12-17(26)23-14-4-5-14)25-9-7-24(8-10-25)16-11-13(19)3-6-15(16)20;/h3,6,11,14H,2,4-5,7-10,12H2,1H3,(H,21,22)(H,23,26);1H. The lowest BCUT2D eigenvalue weighted by Crippen LogP contribution is -2.53. The van der Waals surface area contributed by atoms with Crippen molar-refractivity contribution in [3.63, 3.8) is 0 Å². The van der Waals surface area contributed by atoms with E-state index in [0.717, 1.165) is 25.0 Å². The Hall–Kier alpha value is -1.65. The summed E-state index contributed by atoms with van der Waals surface area (Å²) in [7, 11) is 0. The molecule has 2 N–H and O–H groups in total. The lowest BCUT2D eigenvalue weighted by molar-refractivity contribution is -0.119. The first kappa shape index (κ1) is 21.6. The number of hydrogen-bond donors (Lipinski definition) is 2. The van der Waals surface area contributed by atoms with Crippen molar-refractivity contribution in [1.82, 2.24) is 15.5 Å². The molecule has 0 atom stereocenters. The summed E-state index contributed by atoms with van der Waals surface area (Å²) in [5.41, 5.74) is 0.287. The average molecular weight is 493 g/mol. The first-order valence-electron chi connectivity index (χ1n) is 9.09. The van der Waals surface area contributed by atoms with Crippen LogP contribution in [0.15, 0.2) is 23.2 Å². The second-order valence-corrected chi connectivity index (χ2v) is 6.58. The third-order valence-electron chi connectivity index (χ3n) is 4.48. The molecule has 1 aliphatic heterocycles. The first-order chi connectivity index (χ1) is 12.6. The van der Waals surface area contributed by atoms with E-state index in [1.165, 1.54) is 6.07 Å². The minimum atomic E-state index is -0.444. The van der Waals surface area contributed by atoms with Gasteiger partial charge in [0.1, 0.15) is 18.2 Å². The number of anilines is 1. The maximum absolute atomic E-state index is 13.9. The quantitative estimate of drug-likeness (QED) is 0.374. The molecule has 1 saturated carbocycles. The van der Waals surface area contributed by atoms with E-state index in [-0.39, 0.29) is 42.1 Å². The van der Waals surface area contributed by atoms with E-state index in [2.05, 4.69) is 15.6 Å².